The van der Waals surface area contributed by atoms with Crippen LogP contribution in [0.15, 0.2) is 18.2 Å². The zero-order valence-electron chi connectivity index (χ0n) is 10.3. The topological polar surface area (TPSA) is 15.3 Å². The summed E-state index contributed by atoms with van der Waals surface area (Å²) in [6, 6.07) is 4.35. The van der Waals surface area contributed by atoms with Gasteiger partial charge in [-0.3, -0.25) is 0 Å². The number of anilines is 1. The highest BCUT2D eigenvalue weighted by Crippen LogP contribution is 2.24. The second kappa shape index (κ2) is 4.61. The van der Waals surface area contributed by atoms with Crippen molar-refractivity contribution in [2.75, 3.05) is 24.5 Å². The molecule has 1 fully saturated rings. The van der Waals surface area contributed by atoms with Crippen molar-refractivity contribution < 1.29 is 8.78 Å². The number of rotatable bonds is 1. The lowest BCUT2D eigenvalue weighted by atomic mass is 10.1. The molecule has 1 heterocycles. The minimum Gasteiger partial charge on any atom is -0.367 e. The highest BCUT2D eigenvalue weighted by molar-refractivity contribution is 5.48. The van der Waals surface area contributed by atoms with E-state index in [1.807, 2.05) is 4.90 Å². The number of halogens is 2. The van der Waals surface area contributed by atoms with Gasteiger partial charge in [0.1, 0.15) is 0 Å². The van der Waals surface area contributed by atoms with Gasteiger partial charge in [0.25, 0.3) is 0 Å². The van der Waals surface area contributed by atoms with Crippen molar-refractivity contribution in [3.8, 4) is 0 Å². The van der Waals surface area contributed by atoms with Gasteiger partial charge >= 0.3 is 0 Å². The molecule has 0 bridgehead atoms. The van der Waals surface area contributed by atoms with Gasteiger partial charge in [-0.25, -0.2) is 8.78 Å². The second-order valence-electron chi connectivity index (χ2n) is 5.16. The molecule has 0 saturated carbocycles. The van der Waals surface area contributed by atoms with Crippen molar-refractivity contribution in [1.29, 1.82) is 0 Å². The molecule has 0 radical (unpaired) electrons. The summed E-state index contributed by atoms with van der Waals surface area (Å²) < 4.78 is 26.9. The quantitative estimate of drug-likeness (QED) is 0.811. The van der Waals surface area contributed by atoms with E-state index in [0.717, 1.165) is 25.6 Å². The van der Waals surface area contributed by atoms with E-state index in [1.54, 1.807) is 12.1 Å². The van der Waals surface area contributed by atoms with E-state index in [9.17, 15) is 8.78 Å². The van der Waals surface area contributed by atoms with Gasteiger partial charge in [-0.1, -0.05) is 6.07 Å². The third kappa shape index (κ3) is 2.75. The van der Waals surface area contributed by atoms with Crippen molar-refractivity contribution in [2.24, 2.45) is 0 Å². The smallest absolute Gasteiger partial charge is 0.182 e. The van der Waals surface area contributed by atoms with Crippen molar-refractivity contribution in [2.45, 2.75) is 25.8 Å². The lowest BCUT2D eigenvalue weighted by molar-refractivity contribution is 0.414. The number of hydrogen-bond acceptors (Lipinski definition) is 2. The molecule has 1 saturated heterocycles. The molecule has 2 nitrogen and oxygen atoms in total. The molecular formula is C13H18F2N2. The van der Waals surface area contributed by atoms with E-state index in [0.29, 0.717) is 12.2 Å². The first kappa shape index (κ1) is 12.3. The first-order chi connectivity index (χ1) is 7.99. The van der Waals surface area contributed by atoms with E-state index in [1.165, 1.54) is 0 Å². The number of nitrogens with one attached hydrogen (secondary N) is 1. The Kier molecular flexibility index (Phi) is 3.33. The third-order valence-electron chi connectivity index (χ3n) is 3.07. The van der Waals surface area contributed by atoms with Crippen LogP contribution in [-0.2, 0) is 0 Å². The molecule has 0 aromatic heterocycles. The summed E-state index contributed by atoms with van der Waals surface area (Å²) in [5.74, 6) is -1.53. The van der Waals surface area contributed by atoms with Crippen LogP contribution in [0, 0.1) is 11.6 Å². The Morgan fingerprint density at radius 2 is 2.06 bits per heavy atom. The molecule has 2 rings (SSSR count). The summed E-state index contributed by atoms with van der Waals surface area (Å²) in [7, 11) is 0. The zero-order valence-corrected chi connectivity index (χ0v) is 10.3. The molecule has 0 unspecified atom stereocenters. The summed E-state index contributed by atoms with van der Waals surface area (Å²) >= 11 is 0. The molecule has 1 aliphatic rings. The van der Waals surface area contributed by atoms with E-state index >= 15 is 0 Å². The van der Waals surface area contributed by atoms with Crippen LogP contribution in [0.5, 0.6) is 0 Å². The molecule has 1 aliphatic heterocycles. The number of benzene rings is 1. The summed E-state index contributed by atoms with van der Waals surface area (Å²) in [6.07, 6.45) is 0.930. The van der Waals surface area contributed by atoms with E-state index in [-0.39, 0.29) is 5.54 Å². The van der Waals surface area contributed by atoms with Crippen LogP contribution >= 0.6 is 0 Å². The van der Waals surface area contributed by atoms with E-state index < -0.39 is 11.6 Å². The summed E-state index contributed by atoms with van der Waals surface area (Å²) in [5.41, 5.74) is 0.275. The zero-order chi connectivity index (χ0) is 12.5. The average Bonchev–Trinajstić information content (AvgIpc) is 2.43. The molecule has 94 valence electrons. The van der Waals surface area contributed by atoms with Crippen molar-refractivity contribution in [1.82, 2.24) is 5.32 Å². The van der Waals surface area contributed by atoms with Gasteiger partial charge in [0.05, 0.1) is 5.69 Å². The molecule has 1 N–H and O–H groups in total. The lowest BCUT2D eigenvalue weighted by Crippen LogP contribution is -2.46. The van der Waals surface area contributed by atoms with Gasteiger partial charge in [-0.05, 0) is 38.9 Å². The fourth-order valence-electron chi connectivity index (χ4n) is 2.25. The molecule has 1 aromatic carbocycles. The number of hydrogen-bond donors (Lipinski definition) is 1. The molecule has 0 spiro atoms. The first-order valence-corrected chi connectivity index (χ1v) is 5.94. The Labute approximate surface area is 101 Å². The Balaban J connectivity index is 2.29. The fraction of sp³-hybridized carbons (Fsp3) is 0.538. The second-order valence-corrected chi connectivity index (χ2v) is 5.16. The fourth-order valence-corrected chi connectivity index (χ4v) is 2.25. The van der Waals surface area contributed by atoms with Crippen molar-refractivity contribution in [3.05, 3.63) is 29.8 Å². The van der Waals surface area contributed by atoms with E-state index in [2.05, 4.69) is 19.2 Å². The molecule has 1 aromatic rings. The predicted molar refractivity (Wildman–Crippen MR) is 65.3 cm³/mol. The first-order valence-electron chi connectivity index (χ1n) is 5.94. The van der Waals surface area contributed by atoms with Crippen LogP contribution < -0.4 is 10.2 Å². The number of nitrogens with zero attached hydrogens (tertiary/aromatic N) is 1. The van der Waals surface area contributed by atoms with Crippen LogP contribution in [0.2, 0.25) is 0 Å². The van der Waals surface area contributed by atoms with Crippen LogP contribution in [-0.4, -0.2) is 25.2 Å². The summed E-state index contributed by atoms with van der Waals surface area (Å²) in [6.45, 7) is 6.47. The van der Waals surface area contributed by atoms with Crippen LogP contribution in [0.1, 0.15) is 20.3 Å². The monoisotopic (exact) mass is 240 g/mol. The maximum absolute atomic E-state index is 13.7. The summed E-state index contributed by atoms with van der Waals surface area (Å²) in [4.78, 5) is 1.92. The molecule has 0 aliphatic carbocycles. The van der Waals surface area contributed by atoms with Crippen LogP contribution in [0.25, 0.3) is 0 Å². The molecule has 17 heavy (non-hydrogen) atoms. The lowest BCUT2D eigenvalue weighted by Gasteiger charge is -2.31. The minimum atomic E-state index is -0.780. The predicted octanol–water partition coefficient (Wildman–Crippen LogP) is 2.54. The highest BCUT2D eigenvalue weighted by Gasteiger charge is 2.26. The molecule has 0 atom stereocenters. The SMILES string of the molecule is CC1(C)CN(c2cccc(F)c2F)CCCN1. The van der Waals surface area contributed by atoms with Gasteiger partial charge < -0.3 is 10.2 Å². The largest absolute Gasteiger partial charge is 0.367 e. The van der Waals surface area contributed by atoms with E-state index in [4.69, 9.17) is 0 Å². The van der Waals surface area contributed by atoms with Gasteiger partial charge in [0, 0.05) is 18.6 Å². The maximum atomic E-state index is 13.7. The van der Waals surface area contributed by atoms with Gasteiger partial charge in [-0.15, -0.1) is 0 Å². The highest BCUT2D eigenvalue weighted by atomic mass is 19.2. The normalized spacial score (nSPS) is 20.1. The van der Waals surface area contributed by atoms with Crippen LogP contribution in [0.4, 0.5) is 14.5 Å². The third-order valence-corrected chi connectivity index (χ3v) is 3.07. The average molecular weight is 240 g/mol. The Bertz CT molecular complexity index is 404. The summed E-state index contributed by atoms with van der Waals surface area (Å²) in [5, 5.41) is 3.40. The molecule has 0 amide bonds. The van der Waals surface area contributed by atoms with Gasteiger partial charge in [0.15, 0.2) is 11.6 Å². The van der Waals surface area contributed by atoms with Crippen LogP contribution in [0.3, 0.4) is 0 Å². The Morgan fingerprint density at radius 1 is 1.29 bits per heavy atom. The standard InChI is InChI=1S/C13H18F2N2/c1-13(2)9-17(8-4-7-16-13)11-6-3-5-10(14)12(11)15/h3,5-6,16H,4,7-9H2,1-2H3. The van der Waals surface area contributed by atoms with Crippen molar-refractivity contribution in [3.63, 3.8) is 0 Å². The Morgan fingerprint density at radius 3 is 2.82 bits per heavy atom. The molecule has 4 heteroatoms. The minimum absolute atomic E-state index is 0.0880. The van der Waals surface area contributed by atoms with Gasteiger partial charge in [-0.2, -0.15) is 0 Å². The Hall–Kier alpha value is -1.16. The maximum Gasteiger partial charge on any atom is 0.182 e. The van der Waals surface area contributed by atoms with Gasteiger partial charge in [0.2, 0.25) is 0 Å². The molecular weight excluding hydrogens is 222 g/mol. The van der Waals surface area contributed by atoms with Crippen molar-refractivity contribution >= 4 is 5.69 Å².